The number of nitrogens with zero attached hydrogens (tertiary/aromatic N) is 3. The molecule has 0 radical (unpaired) electrons. The van der Waals surface area contributed by atoms with Crippen LogP contribution in [0.2, 0.25) is 10.0 Å². The van der Waals surface area contributed by atoms with Gasteiger partial charge in [0.2, 0.25) is 0 Å². The first kappa shape index (κ1) is 19.7. The van der Waals surface area contributed by atoms with Crippen LogP contribution < -0.4 is 4.72 Å². The molecule has 0 amide bonds. The molecule has 27 heavy (non-hydrogen) atoms. The predicted molar refractivity (Wildman–Crippen MR) is 106 cm³/mol. The van der Waals surface area contributed by atoms with Crippen molar-refractivity contribution >= 4 is 38.9 Å². The van der Waals surface area contributed by atoms with Crippen LogP contribution in [0.15, 0.2) is 23.1 Å². The lowest BCUT2D eigenvalue weighted by atomic mass is 10.2. The molecule has 7 nitrogen and oxygen atoms in total. The van der Waals surface area contributed by atoms with Gasteiger partial charge in [0.15, 0.2) is 0 Å². The Labute approximate surface area is 167 Å². The molecule has 0 unspecified atom stereocenters. The fourth-order valence-electron chi connectivity index (χ4n) is 2.93. The van der Waals surface area contributed by atoms with E-state index in [0.717, 1.165) is 5.56 Å². The van der Waals surface area contributed by atoms with Gasteiger partial charge in [0.1, 0.15) is 4.90 Å². The van der Waals surface area contributed by atoms with Crippen molar-refractivity contribution in [3.05, 3.63) is 56.6 Å². The van der Waals surface area contributed by atoms with Crippen molar-refractivity contribution in [2.24, 2.45) is 0 Å². The zero-order valence-electron chi connectivity index (χ0n) is 15.3. The predicted octanol–water partition coefficient (Wildman–Crippen LogP) is 4.00. The Morgan fingerprint density at radius 3 is 2.44 bits per heavy atom. The van der Waals surface area contributed by atoms with Crippen molar-refractivity contribution in [3.63, 3.8) is 0 Å². The molecule has 2 aromatic heterocycles. The summed E-state index contributed by atoms with van der Waals surface area (Å²) in [5.74, 6) is 0. The van der Waals surface area contributed by atoms with E-state index < -0.39 is 10.0 Å². The van der Waals surface area contributed by atoms with Crippen LogP contribution >= 0.6 is 23.2 Å². The van der Waals surface area contributed by atoms with E-state index in [0.29, 0.717) is 45.1 Å². The zero-order chi connectivity index (χ0) is 19.9. The normalized spacial score (nSPS) is 11.8. The molecule has 1 aromatic carbocycles. The van der Waals surface area contributed by atoms with Crippen molar-refractivity contribution in [1.29, 1.82) is 0 Å². The van der Waals surface area contributed by atoms with Gasteiger partial charge in [-0.05, 0) is 45.4 Å². The van der Waals surface area contributed by atoms with Gasteiger partial charge in [-0.15, -0.1) is 0 Å². The summed E-state index contributed by atoms with van der Waals surface area (Å²) in [6.45, 7) is 7.26. The molecular weight excluding hydrogens is 409 g/mol. The van der Waals surface area contributed by atoms with Crippen molar-refractivity contribution < 1.29 is 8.42 Å². The number of H-pyrrole nitrogens is 1. The lowest BCUT2D eigenvalue weighted by Crippen LogP contribution is -2.16. The number of aryl methyl sites for hydroxylation is 3. The maximum atomic E-state index is 12.8. The van der Waals surface area contributed by atoms with E-state index in [9.17, 15) is 8.42 Å². The quantitative estimate of drug-likeness (QED) is 0.643. The molecule has 2 heterocycles. The molecule has 0 aliphatic rings. The van der Waals surface area contributed by atoms with Gasteiger partial charge in [-0.25, -0.2) is 8.42 Å². The second-order valence-corrected chi connectivity index (χ2v) is 8.77. The number of hydrogen-bond donors (Lipinski definition) is 2. The number of hydrogen-bond acceptors (Lipinski definition) is 4. The first-order valence-corrected chi connectivity index (χ1v) is 10.4. The third-order valence-electron chi connectivity index (χ3n) is 4.28. The molecule has 0 aliphatic heterocycles. The maximum Gasteiger partial charge on any atom is 0.265 e. The molecule has 0 atom stereocenters. The van der Waals surface area contributed by atoms with Crippen molar-refractivity contribution in [1.82, 2.24) is 20.0 Å². The molecule has 0 fully saturated rings. The average molecular weight is 428 g/mol. The van der Waals surface area contributed by atoms with Gasteiger partial charge in [0.05, 0.1) is 35.0 Å². The molecule has 0 aliphatic carbocycles. The van der Waals surface area contributed by atoms with Crippen LogP contribution in [-0.4, -0.2) is 28.4 Å². The highest BCUT2D eigenvalue weighted by Gasteiger charge is 2.25. The summed E-state index contributed by atoms with van der Waals surface area (Å²) in [6.07, 6.45) is 0. The van der Waals surface area contributed by atoms with E-state index in [4.69, 9.17) is 23.2 Å². The minimum atomic E-state index is -3.79. The topological polar surface area (TPSA) is 92.7 Å². The second-order valence-electron chi connectivity index (χ2n) is 6.31. The molecule has 0 spiro atoms. The van der Waals surface area contributed by atoms with Gasteiger partial charge in [-0.1, -0.05) is 29.3 Å². The monoisotopic (exact) mass is 427 g/mol. The highest BCUT2D eigenvalue weighted by Crippen LogP contribution is 2.27. The summed E-state index contributed by atoms with van der Waals surface area (Å²) in [5, 5.41) is 12.2. The number of aromatic nitrogens is 4. The standard InChI is InChI=1S/C17H19Cl2N5O2S/c1-9-16(23-27(25,26)17-10(2)20-21-11(17)3)12(4)24(22-9)8-13-5-6-14(18)7-15(13)19/h5-7,23H,8H2,1-4H3,(H,20,21). The molecule has 3 rings (SSSR count). The molecule has 2 N–H and O–H groups in total. The summed E-state index contributed by atoms with van der Waals surface area (Å²) in [6, 6.07) is 5.24. The SMILES string of the molecule is Cc1nn(Cc2ccc(Cl)cc2Cl)c(C)c1NS(=O)(=O)c1c(C)n[nH]c1C. The maximum absolute atomic E-state index is 12.8. The first-order chi connectivity index (χ1) is 12.6. The Balaban J connectivity index is 1.94. The minimum absolute atomic E-state index is 0.148. The number of nitrogens with one attached hydrogen (secondary N) is 2. The molecular formula is C17H19Cl2N5O2S. The Bertz CT molecular complexity index is 1100. The Hall–Kier alpha value is -2.03. The lowest BCUT2D eigenvalue weighted by molar-refractivity contribution is 0.600. The van der Waals surface area contributed by atoms with Crippen LogP contribution in [0.1, 0.15) is 28.3 Å². The van der Waals surface area contributed by atoms with Crippen LogP contribution in [0.4, 0.5) is 5.69 Å². The van der Waals surface area contributed by atoms with Crippen LogP contribution in [-0.2, 0) is 16.6 Å². The van der Waals surface area contributed by atoms with Gasteiger partial charge in [0.25, 0.3) is 10.0 Å². The number of benzene rings is 1. The van der Waals surface area contributed by atoms with Crippen molar-refractivity contribution in [3.8, 4) is 0 Å². The number of rotatable bonds is 5. The molecule has 10 heteroatoms. The van der Waals surface area contributed by atoms with Crippen LogP contribution in [0.5, 0.6) is 0 Å². The largest absolute Gasteiger partial charge is 0.281 e. The Morgan fingerprint density at radius 1 is 1.15 bits per heavy atom. The average Bonchev–Trinajstić information content (AvgIpc) is 3.04. The van der Waals surface area contributed by atoms with E-state index in [1.54, 1.807) is 44.5 Å². The fraction of sp³-hybridized carbons (Fsp3) is 0.294. The van der Waals surface area contributed by atoms with Crippen molar-refractivity contribution in [2.75, 3.05) is 4.72 Å². The van der Waals surface area contributed by atoms with Crippen LogP contribution in [0.3, 0.4) is 0 Å². The van der Waals surface area contributed by atoms with Gasteiger partial charge >= 0.3 is 0 Å². The lowest BCUT2D eigenvalue weighted by Gasteiger charge is -2.10. The minimum Gasteiger partial charge on any atom is -0.281 e. The van der Waals surface area contributed by atoms with E-state index in [-0.39, 0.29) is 4.90 Å². The van der Waals surface area contributed by atoms with Crippen LogP contribution in [0.25, 0.3) is 0 Å². The van der Waals surface area contributed by atoms with Crippen molar-refractivity contribution in [2.45, 2.75) is 39.1 Å². The first-order valence-electron chi connectivity index (χ1n) is 8.12. The van der Waals surface area contributed by atoms with E-state index in [1.807, 2.05) is 6.07 Å². The number of sulfonamides is 1. The van der Waals surface area contributed by atoms with Gasteiger partial charge in [-0.2, -0.15) is 10.2 Å². The third-order valence-corrected chi connectivity index (χ3v) is 6.48. The smallest absolute Gasteiger partial charge is 0.265 e. The third kappa shape index (κ3) is 3.83. The second kappa shape index (κ2) is 7.18. The molecule has 144 valence electrons. The highest BCUT2D eigenvalue weighted by molar-refractivity contribution is 7.92. The fourth-order valence-corrected chi connectivity index (χ4v) is 4.95. The number of aromatic amines is 1. The molecule has 0 bridgehead atoms. The molecule has 0 saturated carbocycles. The molecule has 0 saturated heterocycles. The van der Waals surface area contributed by atoms with Crippen LogP contribution in [0, 0.1) is 27.7 Å². The molecule has 3 aromatic rings. The Morgan fingerprint density at radius 2 is 1.85 bits per heavy atom. The summed E-state index contributed by atoms with van der Waals surface area (Å²) >= 11 is 12.2. The number of halogens is 2. The van der Waals surface area contributed by atoms with Gasteiger partial charge in [-0.3, -0.25) is 14.5 Å². The van der Waals surface area contributed by atoms with Gasteiger partial charge < -0.3 is 0 Å². The van der Waals surface area contributed by atoms with E-state index >= 15 is 0 Å². The highest BCUT2D eigenvalue weighted by atomic mass is 35.5. The summed E-state index contributed by atoms with van der Waals surface area (Å²) in [7, 11) is -3.79. The summed E-state index contributed by atoms with van der Waals surface area (Å²) in [5.41, 5.74) is 3.43. The summed E-state index contributed by atoms with van der Waals surface area (Å²) < 4.78 is 30.0. The zero-order valence-corrected chi connectivity index (χ0v) is 17.6. The van der Waals surface area contributed by atoms with E-state index in [2.05, 4.69) is 20.0 Å². The van der Waals surface area contributed by atoms with E-state index in [1.165, 1.54) is 0 Å². The van der Waals surface area contributed by atoms with Gasteiger partial charge in [0, 0.05) is 10.0 Å². The Kier molecular flexibility index (Phi) is 5.24. The number of anilines is 1. The summed E-state index contributed by atoms with van der Waals surface area (Å²) in [4.78, 5) is 0.148.